The maximum absolute atomic E-state index is 14.7. The molecular formula is C24H27F3N4O4S. The van der Waals surface area contributed by atoms with Gasteiger partial charge in [0.25, 0.3) is 12.0 Å². The van der Waals surface area contributed by atoms with Crippen LogP contribution in [0.1, 0.15) is 55.8 Å². The van der Waals surface area contributed by atoms with Crippen LogP contribution in [-0.4, -0.2) is 41.1 Å². The molecule has 3 aromatic rings. The number of methoxy groups -OCH3 is 1. The molecule has 0 saturated carbocycles. The molecule has 0 aliphatic carbocycles. The van der Waals surface area contributed by atoms with Gasteiger partial charge in [0.2, 0.25) is 0 Å². The van der Waals surface area contributed by atoms with Crippen molar-refractivity contribution in [3.8, 4) is 0 Å². The molecule has 0 bridgehead atoms. The number of halogens is 3. The van der Waals surface area contributed by atoms with E-state index >= 15 is 0 Å². The first kappa shape index (κ1) is 26.1. The van der Waals surface area contributed by atoms with Crippen molar-refractivity contribution >= 4 is 26.7 Å². The lowest BCUT2D eigenvalue weighted by atomic mass is 9.86. The van der Waals surface area contributed by atoms with Gasteiger partial charge in [0, 0.05) is 19.7 Å². The summed E-state index contributed by atoms with van der Waals surface area (Å²) in [5.74, 6) is -0.875. The summed E-state index contributed by atoms with van der Waals surface area (Å²) in [7, 11) is -0.325. The molecule has 0 spiro atoms. The van der Waals surface area contributed by atoms with Crippen LogP contribution >= 0.6 is 0 Å². The fourth-order valence-corrected chi connectivity index (χ4v) is 6.35. The molecule has 4 rings (SSSR count). The number of hydrogen-bond donors (Lipinski definition) is 1. The van der Waals surface area contributed by atoms with Crippen LogP contribution in [0.2, 0.25) is 0 Å². The summed E-state index contributed by atoms with van der Waals surface area (Å²) in [4.78, 5) is 21.8. The van der Waals surface area contributed by atoms with E-state index in [-0.39, 0.29) is 46.7 Å². The van der Waals surface area contributed by atoms with Crippen LogP contribution in [-0.2, 0) is 27.2 Å². The van der Waals surface area contributed by atoms with E-state index in [1.54, 1.807) is 19.9 Å². The van der Waals surface area contributed by atoms with Crippen molar-refractivity contribution in [2.45, 2.75) is 50.0 Å². The number of benzene rings is 1. The third-order valence-corrected chi connectivity index (χ3v) is 9.19. The maximum Gasteiger partial charge on any atom is 0.266 e. The fourth-order valence-electron chi connectivity index (χ4n) is 4.81. The number of sulfone groups is 1. The molecule has 12 heteroatoms. The highest BCUT2D eigenvalue weighted by molar-refractivity contribution is 7.92. The molecule has 0 amide bonds. The maximum atomic E-state index is 14.7. The first-order chi connectivity index (χ1) is 16.9. The van der Waals surface area contributed by atoms with Gasteiger partial charge in [0.1, 0.15) is 29.2 Å². The van der Waals surface area contributed by atoms with Gasteiger partial charge in [-0.05, 0) is 32.8 Å². The number of ether oxygens (including phenoxy) is 1. The number of nitrogens with one attached hydrogen (secondary N) is 1. The van der Waals surface area contributed by atoms with Crippen molar-refractivity contribution in [1.29, 1.82) is 0 Å². The average Bonchev–Trinajstić information content (AvgIpc) is 2.83. The van der Waals surface area contributed by atoms with Gasteiger partial charge in [0.05, 0.1) is 33.6 Å². The van der Waals surface area contributed by atoms with Gasteiger partial charge in [-0.15, -0.1) is 0 Å². The largest absolute Gasteiger partial charge is 0.373 e. The highest BCUT2D eigenvalue weighted by atomic mass is 32.2. The van der Waals surface area contributed by atoms with E-state index in [1.807, 2.05) is 0 Å². The quantitative estimate of drug-likeness (QED) is 0.520. The van der Waals surface area contributed by atoms with E-state index in [9.17, 15) is 26.4 Å². The monoisotopic (exact) mass is 524 g/mol. The molecular weight excluding hydrogens is 497 g/mol. The minimum absolute atomic E-state index is 0.0317. The second kappa shape index (κ2) is 9.47. The zero-order valence-corrected chi connectivity index (χ0v) is 21.1. The summed E-state index contributed by atoms with van der Waals surface area (Å²) in [5, 5.41) is 2.76. The van der Waals surface area contributed by atoms with Gasteiger partial charge < -0.3 is 10.1 Å². The highest BCUT2D eigenvalue weighted by Gasteiger charge is 2.45. The lowest BCUT2D eigenvalue weighted by Crippen LogP contribution is -2.46. The SMILES string of the molecule is COC1(c2cc3c(N[C@H](C)c4cccc(C(F)F)c4F)ncnc3n(C)c2=O)CCS(=O)(=O)C(C)C1. The number of fused-ring (bicyclic) bond motifs is 1. The van der Waals surface area contributed by atoms with E-state index in [2.05, 4.69) is 15.3 Å². The molecule has 1 aliphatic heterocycles. The van der Waals surface area contributed by atoms with Crippen LogP contribution in [0.3, 0.4) is 0 Å². The number of rotatable bonds is 6. The summed E-state index contributed by atoms with van der Waals surface area (Å²) in [6, 6.07) is 4.63. The summed E-state index contributed by atoms with van der Waals surface area (Å²) < 4.78 is 72.9. The number of aryl methyl sites for hydroxylation is 1. The summed E-state index contributed by atoms with van der Waals surface area (Å²) >= 11 is 0. The molecule has 2 unspecified atom stereocenters. The van der Waals surface area contributed by atoms with Crippen LogP contribution in [0, 0.1) is 5.82 Å². The molecule has 2 aromatic heterocycles. The Bertz CT molecular complexity index is 1480. The third-order valence-electron chi connectivity index (χ3n) is 7.02. The highest BCUT2D eigenvalue weighted by Crippen LogP contribution is 2.40. The molecule has 1 aliphatic rings. The number of anilines is 1. The Morgan fingerprint density at radius 3 is 2.58 bits per heavy atom. The van der Waals surface area contributed by atoms with Gasteiger partial charge in [-0.1, -0.05) is 18.2 Å². The van der Waals surface area contributed by atoms with Crippen LogP contribution < -0.4 is 10.9 Å². The topological polar surface area (TPSA) is 103 Å². The number of nitrogens with zero attached hydrogens (tertiary/aromatic N) is 3. The standard InChI is InChI=1S/C24H27F3N4O4S/c1-13-11-24(35-4,8-9-36(13,33)34)18-10-17-21(28-12-29-22(17)31(3)23(18)32)30-14(2)15-6-5-7-16(19(15)25)20(26)27/h5-7,10,12-14,20H,8-9,11H2,1-4H3,(H,28,29,30)/t13?,14-,24?/m1/s1. The lowest BCUT2D eigenvalue weighted by Gasteiger charge is -2.38. The molecule has 1 saturated heterocycles. The van der Waals surface area contributed by atoms with Crippen molar-refractivity contribution < 1.29 is 26.3 Å². The van der Waals surface area contributed by atoms with Gasteiger partial charge in [-0.3, -0.25) is 9.36 Å². The summed E-state index contributed by atoms with van der Waals surface area (Å²) in [5.41, 5.74) is -1.63. The van der Waals surface area contributed by atoms with E-state index in [0.29, 0.717) is 5.39 Å². The Kier molecular flexibility index (Phi) is 6.86. The van der Waals surface area contributed by atoms with E-state index < -0.39 is 44.5 Å². The van der Waals surface area contributed by atoms with Gasteiger partial charge in [0.15, 0.2) is 9.84 Å². The molecule has 3 atom stereocenters. The lowest BCUT2D eigenvalue weighted by molar-refractivity contribution is -0.0296. The molecule has 1 aromatic carbocycles. The van der Waals surface area contributed by atoms with Crippen molar-refractivity contribution in [3.05, 3.63) is 63.5 Å². The minimum atomic E-state index is -3.30. The second-order valence-electron chi connectivity index (χ2n) is 9.13. The Balaban J connectivity index is 1.82. The van der Waals surface area contributed by atoms with Crippen LogP contribution in [0.15, 0.2) is 35.4 Å². The normalized spacial score (nSPS) is 22.6. The summed E-state index contributed by atoms with van der Waals surface area (Å²) in [6.45, 7) is 3.20. The molecule has 3 heterocycles. The van der Waals surface area contributed by atoms with Crippen molar-refractivity contribution in [2.75, 3.05) is 18.2 Å². The van der Waals surface area contributed by atoms with Crippen molar-refractivity contribution in [2.24, 2.45) is 7.05 Å². The number of aromatic nitrogens is 3. The van der Waals surface area contributed by atoms with Crippen LogP contribution in [0.5, 0.6) is 0 Å². The van der Waals surface area contributed by atoms with Gasteiger partial charge in [-0.2, -0.15) is 0 Å². The number of pyridine rings is 1. The predicted molar refractivity (Wildman–Crippen MR) is 129 cm³/mol. The average molecular weight is 525 g/mol. The molecule has 194 valence electrons. The first-order valence-electron chi connectivity index (χ1n) is 11.4. The Labute approximate surface area is 206 Å². The Hall–Kier alpha value is -2.99. The molecule has 8 nitrogen and oxygen atoms in total. The zero-order chi connectivity index (χ0) is 26.4. The first-order valence-corrected chi connectivity index (χ1v) is 13.1. The van der Waals surface area contributed by atoms with Gasteiger partial charge in [-0.25, -0.2) is 31.6 Å². The van der Waals surface area contributed by atoms with Gasteiger partial charge >= 0.3 is 0 Å². The smallest absolute Gasteiger partial charge is 0.266 e. The minimum Gasteiger partial charge on any atom is -0.373 e. The van der Waals surface area contributed by atoms with Crippen LogP contribution in [0.4, 0.5) is 19.0 Å². The second-order valence-corrected chi connectivity index (χ2v) is 11.7. The third kappa shape index (κ3) is 4.36. The Morgan fingerprint density at radius 2 is 1.94 bits per heavy atom. The zero-order valence-electron chi connectivity index (χ0n) is 20.3. The van der Waals surface area contributed by atoms with E-state index in [4.69, 9.17) is 4.74 Å². The molecule has 0 radical (unpaired) electrons. The Morgan fingerprint density at radius 1 is 1.25 bits per heavy atom. The van der Waals surface area contributed by atoms with E-state index in [0.717, 1.165) is 6.07 Å². The molecule has 36 heavy (non-hydrogen) atoms. The van der Waals surface area contributed by atoms with Crippen molar-refractivity contribution in [1.82, 2.24) is 14.5 Å². The van der Waals surface area contributed by atoms with Crippen LogP contribution in [0.25, 0.3) is 11.0 Å². The summed E-state index contributed by atoms with van der Waals surface area (Å²) in [6.07, 6.45) is -1.51. The molecule has 1 fully saturated rings. The van der Waals surface area contributed by atoms with E-state index in [1.165, 1.54) is 37.2 Å². The van der Waals surface area contributed by atoms with Crippen molar-refractivity contribution in [3.63, 3.8) is 0 Å². The fraction of sp³-hybridized carbons (Fsp3) is 0.458. The molecule has 1 N–H and O–H groups in total. The number of alkyl halides is 2. The predicted octanol–water partition coefficient (Wildman–Crippen LogP) is 4.02. The number of hydrogen-bond acceptors (Lipinski definition) is 7.